The highest BCUT2D eigenvalue weighted by Crippen LogP contribution is 2.38. The molecule has 6 heteroatoms. The summed E-state index contributed by atoms with van der Waals surface area (Å²) in [5, 5.41) is 3.35. The van der Waals surface area contributed by atoms with Crippen LogP contribution < -0.4 is 16.0 Å². The monoisotopic (exact) mass is 317 g/mol. The maximum atomic E-state index is 11.9. The van der Waals surface area contributed by atoms with Gasteiger partial charge in [0.15, 0.2) is 0 Å². The molecule has 1 aliphatic rings. The third-order valence-corrected chi connectivity index (χ3v) is 3.83. The van der Waals surface area contributed by atoms with Gasteiger partial charge < -0.3 is 16.0 Å². The van der Waals surface area contributed by atoms with Crippen molar-refractivity contribution in [2.45, 2.75) is 0 Å². The number of nitrogens with zero attached hydrogens (tertiary/aromatic N) is 1. The molecule has 3 N–H and O–H groups in total. The van der Waals surface area contributed by atoms with Gasteiger partial charge in [0.25, 0.3) is 0 Å². The van der Waals surface area contributed by atoms with Gasteiger partial charge in [0.2, 0.25) is 5.91 Å². The minimum absolute atomic E-state index is 0.0804. The van der Waals surface area contributed by atoms with Crippen LogP contribution in [0.2, 0.25) is 5.02 Å². The number of hydrogen-bond acceptors (Lipinski definition) is 3. The van der Waals surface area contributed by atoms with Gasteiger partial charge in [-0.15, -0.1) is 0 Å². The van der Waals surface area contributed by atoms with E-state index in [1.807, 2.05) is 35.2 Å². The number of thiocarbonyl (C=S) groups is 1. The number of hydrogen-bond donors (Lipinski definition) is 2. The first-order valence-electron chi connectivity index (χ1n) is 6.32. The Bertz CT molecular complexity index is 747. The second kappa shape index (κ2) is 5.35. The van der Waals surface area contributed by atoms with Crippen LogP contribution in [-0.4, -0.2) is 17.4 Å². The fourth-order valence-electron chi connectivity index (χ4n) is 2.33. The second-order valence-corrected chi connectivity index (χ2v) is 5.53. The number of amides is 1. The Morgan fingerprint density at radius 2 is 2.00 bits per heavy atom. The highest BCUT2D eigenvalue weighted by molar-refractivity contribution is 7.80. The molecule has 0 spiro atoms. The summed E-state index contributed by atoms with van der Waals surface area (Å²) in [6, 6.07) is 12.9. The number of nitrogens with one attached hydrogen (secondary N) is 1. The molecular formula is C15H12ClN3OS. The highest BCUT2D eigenvalue weighted by Gasteiger charge is 2.24. The molecule has 0 saturated heterocycles. The molecule has 4 nitrogen and oxygen atoms in total. The summed E-state index contributed by atoms with van der Waals surface area (Å²) < 4.78 is 0. The maximum Gasteiger partial charge on any atom is 0.244 e. The van der Waals surface area contributed by atoms with E-state index in [1.54, 1.807) is 12.1 Å². The number of carbonyl (C=O) groups excluding carboxylic acids is 1. The fraction of sp³-hybridized carbons (Fsp3) is 0.0667. The van der Waals surface area contributed by atoms with E-state index in [1.165, 1.54) is 0 Å². The van der Waals surface area contributed by atoms with Gasteiger partial charge in [0, 0.05) is 5.56 Å². The Balaban J connectivity index is 2.09. The zero-order valence-electron chi connectivity index (χ0n) is 11.0. The number of anilines is 3. The third kappa shape index (κ3) is 2.57. The van der Waals surface area contributed by atoms with Gasteiger partial charge in [-0.2, -0.15) is 0 Å². The summed E-state index contributed by atoms with van der Waals surface area (Å²) in [7, 11) is 0. The predicted octanol–water partition coefficient (Wildman–Crippen LogP) is 3.06. The fourth-order valence-corrected chi connectivity index (χ4v) is 2.74. The minimum atomic E-state index is -0.0804. The molecule has 0 bridgehead atoms. The highest BCUT2D eigenvalue weighted by atomic mass is 35.5. The molecule has 0 radical (unpaired) electrons. The van der Waals surface area contributed by atoms with Crippen molar-refractivity contribution in [3.05, 3.63) is 53.1 Å². The molecule has 2 aromatic rings. The molecule has 0 fully saturated rings. The zero-order chi connectivity index (χ0) is 15.0. The first kappa shape index (κ1) is 13.9. The number of fused-ring (bicyclic) bond motifs is 1. The predicted molar refractivity (Wildman–Crippen MR) is 89.4 cm³/mol. The number of para-hydroxylation sites is 2. The molecule has 3 rings (SSSR count). The Labute approximate surface area is 132 Å². The van der Waals surface area contributed by atoms with Crippen molar-refractivity contribution >= 4 is 51.8 Å². The average molecular weight is 318 g/mol. The van der Waals surface area contributed by atoms with E-state index in [9.17, 15) is 4.79 Å². The number of carbonyl (C=O) groups is 1. The van der Waals surface area contributed by atoms with E-state index in [0.29, 0.717) is 15.6 Å². The lowest BCUT2D eigenvalue weighted by atomic mass is 10.1. The van der Waals surface area contributed by atoms with Crippen LogP contribution in [-0.2, 0) is 4.79 Å². The standard InChI is InChI=1S/C15H12ClN3OS/c16-10-7-9(15(17)21)5-6-12(10)19-8-14(20)18-11-3-1-2-4-13(11)19/h1-7H,8H2,(H2,17,21)(H,18,20). The summed E-state index contributed by atoms with van der Waals surface area (Å²) in [4.78, 5) is 14.0. The van der Waals surface area contributed by atoms with E-state index in [2.05, 4.69) is 5.32 Å². The Morgan fingerprint density at radius 1 is 1.24 bits per heavy atom. The van der Waals surface area contributed by atoms with E-state index < -0.39 is 0 Å². The van der Waals surface area contributed by atoms with Gasteiger partial charge in [-0.3, -0.25) is 4.79 Å². The zero-order valence-corrected chi connectivity index (χ0v) is 12.5. The molecular weight excluding hydrogens is 306 g/mol. The van der Waals surface area contributed by atoms with Gasteiger partial charge in [0.1, 0.15) is 11.5 Å². The van der Waals surface area contributed by atoms with Crippen molar-refractivity contribution in [3.8, 4) is 0 Å². The molecule has 1 amide bonds. The normalized spacial score (nSPS) is 13.6. The van der Waals surface area contributed by atoms with Crippen molar-refractivity contribution < 1.29 is 4.79 Å². The Morgan fingerprint density at radius 3 is 2.71 bits per heavy atom. The first-order valence-corrected chi connectivity index (χ1v) is 7.10. The topological polar surface area (TPSA) is 58.4 Å². The van der Waals surface area contributed by atoms with E-state index in [0.717, 1.165) is 17.1 Å². The quantitative estimate of drug-likeness (QED) is 0.836. The van der Waals surface area contributed by atoms with Gasteiger partial charge >= 0.3 is 0 Å². The number of halogens is 1. The van der Waals surface area contributed by atoms with Gasteiger partial charge in [0.05, 0.1) is 22.1 Å². The smallest absolute Gasteiger partial charge is 0.244 e. The maximum absolute atomic E-state index is 11.9. The van der Waals surface area contributed by atoms with Crippen LogP contribution in [0.5, 0.6) is 0 Å². The summed E-state index contributed by atoms with van der Waals surface area (Å²) in [6.45, 7) is 0.211. The van der Waals surface area contributed by atoms with E-state index in [4.69, 9.17) is 29.6 Å². The summed E-state index contributed by atoms with van der Waals surface area (Å²) >= 11 is 11.3. The summed E-state index contributed by atoms with van der Waals surface area (Å²) in [5.41, 5.74) is 8.73. The van der Waals surface area contributed by atoms with Crippen LogP contribution in [0.25, 0.3) is 0 Å². The van der Waals surface area contributed by atoms with Crippen molar-refractivity contribution in [2.75, 3.05) is 16.8 Å². The minimum Gasteiger partial charge on any atom is -0.389 e. The van der Waals surface area contributed by atoms with Crippen molar-refractivity contribution in [3.63, 3.8) is 0 Å². The second-order valence-electron chi connectivity index (χ2n) is 4.68. The molecule has 0 saturated carbocycles. The average Bonchev–Trinajstić information content (AvgIpc) is 2.46. The SMILES string of the molecule is NC(=S)c1ccc(N2CC(=O)Nc3ccccc32)c(Cl)c1. The molecule has 2 aromatic carbocycles. The Kier molecular flexibility index (Phi) is 3.53. The van der Waals surface area contributed by atoms with E-state index in [-0.39, 0.29) is 12.5 Å². The number of nitrogens with two attached hydrogens (primary N) is 1. The summed E-state index contributed by atoms with van der Waals surface area (Å²) in [6.07, 6.45) is 0. The lowest BCUT2D eigenvalue weighted by Crippen LogP contribution is -2.35. The van der Waals surface area contributed by atoms with E-state index >= 15 is 0 Å². The van der Waals surface area contributed by atoms with Crippen LogP contribution in [0.4, 0.5) is 17.1 Å². The largest absolute Gasteiger partial charge is 0.389 e. The van der Waals surface area contributed by atoms with Crippen molar-refractivity contribution in [1.29, 1.82) is 0 Å². The molecule has 0 aromatic heterocycles. The van der Waals surface area contributed by atoms with Crippen LogP contribution >= 0.6 is 23.8 Å². The molecule has 106 valence electrons. The lowest BCUT2D eigenvalue weighted by Gasteiger charge is -2.31. The molecule has 0 atom stereocenters. The summed E-state index contributed by atoms with van der Waals surface area (Å²) in [5.74, 6) is -0.0804. The molecule has 21 heavy (non-hydrogen) atoms. The van der Waals surface area contributed by atoms with Crippen molar-refractivity contribution in [2.24, 2.45) is 5.73 Å². The van der Waals surface area contributed by atoms with Crippen LogP contribution in [0, 0.1) is 0 Å². The Hall–Kier alpha value is -2.11. The molecule has 0 aliphatic carbocycles. The van der Waals surface area contributed by atoms with Crippen LogP contribution in [0.1, 0.15) is 5.56 Å². The van der Waals surface area contributed by atoms with Crippen molar-refractivity contribution in [1.82, 2.24) is 0 Å². The number of rotatable bonds is 2. The van der Waals surface area contributed by atoms with Gasteiger partial charge in [-0.05, 0) is 30.3 Å². The molecule has 0 unspecified atom stereocenters. The van der Waals surface area contributed by atoms with Gasteiger partial charge in [-0.25, -0.2) is 0 Å². The third-order valence-electron chi connectivity index (χ3n) is 3.29. The van der Waals surface area contributed by atoms with Crippen LogP contribution in [0.3, 0.4) is 0 Å². The van der Waals surface area contributed by atoms with Crippen LogP contribution in [0.15, 0.2) is 42.5 Å². The first-order chi connectivity index (χ1) is 10.1. The molecule has 1 heterocycles. The lowest BCUT2D eigenvalue weighted by molar-refractivity contribution is -0.115. The molecule has 1 aliphatic heterocycles. The number of benzene rings is 2. The van der Waals surface area contributed by atoms with Gasteiger partial charge in [-0.1, -0.05) is 36.0 Å².